The van der Waals surface area contributed by atoms with E-state index in [4.69, 9.17) is 13.7 Å². The van der Waals surface area contributed by atoms with Crippen LogP contribution in [0.4, 0.5) is 0 Å². The van der Waals surface area contributed by atoms with Crippen molar-refractivity contribution >= 4 is 28.0 Å². The molecule has 10 nitrogen and oxygen atoms in total. The fraction of sp³-hybridized carbons (Fsp3) is 0.850. The molecule has 0 aliphatic heterocycles. The molecule has 1 atom stereocenters. The van der Waals surface area contributed by atoms with Gasteiger partial charge in [0.25, 0.3) is 10.1 Å². The number of esters is 2. The molecule has 0 saturated carbocycles. The number of carbonyl (C=O) groups is 3. The maximum Gasteiger partial charge on any atom is 0.335 e. The number of unbranched alkanes of at least 4 members (excludes halogenated alkanes) is 2. The number of hydrogen-bond donors (Lipinski definition) is 2. The summed E-state index contributed by atoms with van der Waals surface area (Å²) in [5, 5.41) is 12.7. The van der Waals surface area contributed by atoms with E-state index in [0.717, 1.165) is 12.8 Å². The lowest BCUT2D eigenvalue weighted by Crippen LogP contribution is -2.41. The van der Waals surface area contributed by atoms with Gasteiger partial charge in [-0.05, 0) is 25.7 Å². The van der Waals surface area contributed by atoms with Gasteiger partial charge in [0.05, 0.1) is 25.6 Å². The summed E-state index contributed by atoms with van der Waals surface area (Å²) in [6.07, 6.45) is 1.67. The lowest BCUT2D eigenvalue weighted by molar-refractivity contribution is -0.161. The zero-order valence-electron chi connectivity index (χ0n) is 19.0. The van der Waals surface area contributed by atoms with Crippen LogP contribution in [0, 0.1) is 5.41 Å². The van der Waals surface area contributed by atoms with Crippen LogP contribution < -0.4 is 5.32 Å². The fourth-order valence-electron chi connectivity index (χ4n) is 2.25. The van der Waals surface area contributed by atoms with Gasteiger partial charge in [0.2, 0.25) is 5.91 Å². The van der Waals surface area contributed by atoms with E-state index in [2.05, 4.69) is 5.32 Å². The Morgan fingerprint density at radius 3 is 2.23 bits per heavy atom. The number of ether oxygens (including phenoxy) is 2. The minimum absolute atomic E-state index is 0.0424. The average molecular weight is 468 g/mol. The van der Waals surface area contributed by atoms with E-state index in [1.165, 1.54) is 20.8 Å². The van der Waals surface area contributed by atoms with Crippen LogP contribution in [-0.4, -0.2) is 69.6 Å². The molecule has 0 radical (unpaired) electrons. The van der Waals surface area contributed by atoms with Crippen LogP contribution in [0.1, 0.15) is 66.2 Å². The lowest BCUT2D eigenvalue weighted by atomic mass is 9.88. The lowest BCUT2D eigenvalue weighted by Gasteiger charge is -2.28. The smallest absolute Gasteiger partial charge is 0.335 e. The third-order valence-corrected chi connectivity index (χ3v) is 5.57. The summed E-state index contributed by atoms with van der Waals surface area (Å²) in [5.41, 5.74) is -1.20. The zero-order valence-corrected chi connectivity index (χ0v) is 19.8. The second-order valence-electron chi connectivity index (χ2n) is 7.95. The SMILES string of the molecule is CCCCC(=O)OCCCCOC(=O)[C@H](O)C(C)(C)COS(=O)(=O)CCCNC(C)=O. The number of nitrogens with one attached hydrogen (secondary N) is 1. The highest BCUT2D eigenvalue weighted by Crippen LogP contribution is 2.23. The Hall–Kier alpha value is -1.72. The first-order valence-corrected chi connectivity index (χ1v) is 12.1. The first-order valence-electron chi connectivity index (χ1n) is 10.5. The molecule has 0 aliphatic carbocycles. The third kappa shape index (κ3) is 14.8. The summed E-state index contributed by atoms with van der Waals surface area (Å²) in [4.78, 5) is 34.2. The van der Waals surface area contributed by atoms with Crippen LogP contribution >= 0.6 is 0 Å². The number of hydrogen-bond acceptors (Lipinski definition) is 9. The van der Waals surface area contributed by atoms with Crippen molar-refractivity contribution in [1.29, 1.82) is 0 Å². The molecule has 0 aromatic heterocycles. The van der Waals surface area contributed by atoms with Crippen LogP contribution in [0.3, 0.4) is 0 Å². The number of amides is 1. The summed E-state index contributed by atoms with van der Waals surface area (Å²) in [5.74, 6) is -1.68. The van der Waals surface area contributed by atoms with Gasteiger partial charge in [0.15, 0.2) is 6.10 Å². The Labute approximate surface area is 185 Å². The summed E-state index contributed by atoms with van der Waals surface area (Å²) in [6, 6.07) is 0. The van der Waals surface area contributed by atoms with Crippen LogP contribution in [0.25, 0.3) is 0 Å². The van der Waals surface area contributed by atoms with Crippen LogP contribution in [0.15, 0.2) is 0 Å². The van der Waals surface area contributed by atoms with Crippen LogP contribution in [0.5, 0.6) is 0 Å². The standard InChI is InChI=1S/C20H37NO9S/c1-5-6-10-17(23)28-12-7-8-13-29-19(25)18(24)20(3,4)15-30-31(26,27)14-9-11-21-16(2)22/h18,24H,5-15H2,1-4H3,(H,21,22)/t18-/m0/s1. The maximum atomic E-state index is 12.0. The average Bonchev–Trinajstić information content (AvgIpc) is 2.70. The molecule has 0 unspecified atom stereocenters. The highest BCUT2D eigenvalue weighted by atomic mass is 32.2. The predicted octanol–water partition coefficient (Wildman–Crippen LogP) is 1.30. The van der Waals surface area contributed by atoms with Crippen molar-refractivity contribution in [3.05, 3.63) is 0 Å². The van der Waals surface area contributed by atoms with Crippen molar-refractivity contribution < 1.29 is 41.6 Å². The molecular weight excluding hydrogens is 430 g/mol. The quantitative estimate of drug-likeness (QED) is 0.184. The molecule has 0 spiro atoms. The molecule has 2 N–H and O–H groups in total. The van der Waals surface area contributed by atoms with Crippen molar-refractivity contribution in [1.82, 2.24) is 5.32 Å². The molecule has 0 heterocycles. The molecular formula is C20H37NO9S. The molecule has 0 rings (SSSR count). The van der Waals surface area contributed by atoms with Gasteiger partial charge in [0, 0.05) is 25.3 Å². The second-order valence-corrected chi connectivity index (χ2v) is 9.71. The van der Waals surface area contributed by atoms with E-state index in [-0.39, 0.29) is 43.8 Å². The van der Waals surface area contributed by atoms with E-state index in [1.807, 2.05) is 6.92 Å². The Kier molecular flexibility index (Phi) is 14.3. The summed E-state index contributed by atoms with van der Waals surface area (Å²) in [7, 11) is -3.87. The summed E-state index contributed by atoms with van der Waals surface area (Å²) in [6.45, 7) is 6.37. The molecule has 0 fully saturated rings. The van der Waals surface area contributed by atoms with Gasteiger partial charge in [-0.2, -0.15) is 8.42 Å². The molecule has 11 heteroatoms. The molecule has 0 aromatic rings. The zero-order chi connectivity index (χ0) is 23.9. The van der Waals surface area contributed by atoms with Gasteiger partial charge in [-0.1, -0.05) is 27.2 Å². The van der Waals surface area contributed by atoms with Gasteiger partial charge in [0.1, 0.15) is 0 Å². The van der Waals surface area contributed by atoms with E-state index in [9.17, 15) is 27.9 Å². The molecule has 0 aliphatic rings. The predicted molar refractivity (Wildman–Crippen MR) is 114 cm³/mol. The van der Waals surface area contributed by atoms with E-state index < -0.39 is 34.2 Å². The number of rotatable bonds is 17. The molecule has 31 heavy (non-hydrogen) atoms. The number of aliphatic hydroxyl groups is 1. The van der Waals surface area contributed by atoms with Crippen molar-refractivity contribution in [2.45, 2.75) is 72.3 Å². The highest BCUT2D eigenvalue weighted by Gasteiger charge is 2.36. The van der Waals surface area contributed by atoms with Crippen molar-refractivity contribution in [3.8, 4) is 0 Å². The molecule has 0 saturated heterocycles. The highest BCUT2D eigenvalue weighted by molar-refractivity contribution is 7.86. The topological polar surface area (TPSA) is 145 Å². The molecule has 182 valence electrons. The molecule has 0 aromatic carbocycles. The van der Waals surface area contributed by atoms with E-state index in [0.29, 0.717) is 19.3 Å². The maximum absolute atomic E-state index is 12.0. The Morgan fingerprint density at radius 2 is 1.65 bits per heavy atom. The minimum atomic E-state index is -3.87. The van der Waals surface area contributed by atoms with Gasteiger partial charge in [-0.3, -0.25) is 13.8 Å². The van der Waals surface area contributed by atoms with Crippen LogP contribution in [0.2, 0.25) is 0 Å². The largest absolute Gasteiger partial charge is 0.466 e. The van der Waals surface area contributed by atoms with E-state index >= 15 is 0 Å². The van der Waals surface area contributed by atoms with E-state index in [1.54, 1.807) is 0 Å². The van der Waals surface area contributed by atoms with Gasteiger partial charge in [-0.25, -0.2) is 4.79 Å². The summed E-state index contributed by atoms with van der Waals surface area (Å²) >= 11 is 0. The van der Waals surface area contributed by atoms with Gasteiger partial charge >= 0.3 is 11.9 Å². The first-order chi connectivity index (χ1) is 14.4. The third-order valence-electron chi connectivity index (χ3n) is 4.30. The first kappa shape index (κ1) is 29.3. The Balaban J connectivity index is 4.18. The van der Waals surface area contributed by atoms with Crippen LogP contribution in [-0.2, 0) is 38.2 Å². The number of aliphatic hydroxyl groups excluding tert-OH is 1. The second kappa shape index (κ2) is 15.1. The fourth-order valence-corrected chi connectivity index (χ4v) is 3.35. The Morgan fingerprint density at radius 1 is 1.03 bits per heavy atom. The molecule has 0 bridgehead atoms. The monoisotopic (exact) mass is 467 g/mol. The number of carbonyl (C=O) groups excluding carboxylic acids is 3. The van der Waals surface area contributed by atoms with Crippen molar-refractivity contribution in [2.24, 2.45) is 5.41 Å². The van der Waals surface area contributed by atoms with Crippen molar-refractivity contribution in [3.63, 3.8) is 0 Å². The summed E-state index contributed by atoms with van der Waals surface area (Å²) < 4.78 is 38.8. The van der Waals surface area contributed by atoms with Gasteiger partial charge in [-0.15, -0.1) is 0 Å². The Bertz CT molecular complexity index is 662. The normalized spacial score (nSPS) is 12.8. The van der Waals surface area contributed by atoms with Crippen molar-refractivity contribution in [2.75, 3.05) is 32.1 Å². The molecule has 1 amide bonds. The minimum Gasteiger partial charge on any atom is -0.466 e. The van der Waals surface area contributed by atoms with Gasteiger partial charge < -0.3 is 19.9 Å².